The number of benzene rings is 1. The number of piperazine rings is 1. The first-order chi connectivity index (χ1) is 18.7. The highest BCUT2D eigenvalue weighted by Gasteiger charge is 2.56. The number of aromatic nitrogens is 1. The number of nitrogens with one attached hydrogen (secondary N) is 1. The Morgan fingerprint density at radius 3 is 2.38 bits per heavy atom. The molecule has 0 unspecified atom stereocenters. The average molecular weight is 540 g/mol. The number of piperidine rings is 1. The summed E-state index contributed by atoms with van der Waals surface area (Å²) in [6.45, 7) is 5.66. The fourth-order valence-electron chi connectivity index (χ4n) is 5.30. The number of nitrogens with zero attached hydrogens (tertiary/aromatic N) is 4. The SMILES string of the molecule is CN1CCN(C2CCN(C(=O)Nc3cc(Oc4ccc(CC(=O)C5(C(=O)O)CC5)c(F)c4)ccn3)CC2)CC1. The van der Waals surface area contributed by atoms with Crippen LogP contribution < -0.4 is 10.1 Å². The molecule has 39 heavy (non-hydrogen) atoms. The predicted molar refractivity (Wildman–Crippen MR) is 141 cm³/mol. The smallest absolute Gasteiger partial charge is 0.323 e. The van der Waals surface area contributed by atoms with Crippen LogP contribution in [0.15, 0.2) is 36.5 Å². The summed E-state index contributed by atoms with van der Waals surface area (Å²) in [5.74, 6) is -1.39. The number of anilines is 1. The van der Waals surface area contributed by atoms with Gasteiger partial charge in [-0.1, -0.05) is 6.07 Å². The largest absolute Gasteiger partial charge is 0.480 e. The Hall–Kier alpha value is -3.57. The number of pyridine rings is 1. The van der Waals surface area contributed by atoms with E-state index in [2.05, 4.69) is 27.1 Å². The van der Waals surface area contributed by atoms with Gasteiger partial charge in [0.25, 0.3) is 0 Å². The van der Waals surface area contributed by atoms with E-state index in [4.69, 9.17) is 4.74 Å². The minimum absolute atomic E-state index is 0.124. The number of carbonyl (C=O) groups is 3. The van der Waals surface area contributed by atoms with E-state index in [0.717, 1.165) is 45.1 Å². The molecule has 1 aromatic carbocycles. The standard InChI is InChI=1S/C28H34FN5O5/c1-32-12-14-33(15-13-32)20-5-10-34(11-6-20)27(38)31-25-18-22(4-9-30-25)39-21-3-2-19(23(29)17-21)16-24(35)28(7-8-28)26(36)37/h2-4,9,17-18,20H,5-8,10-16H2,1H3,(H,36,37)(H,30,31,38). The van der Waals surface area contributed by atoms with Gasteiger partial charge in [-0.2, -0.15) is 0 Å². The van der Waals surface area contributed by atoms with E-state index in [9.17, 15) is 23.9 Å². The molecular weight excluding hydrogens is 505 g/mol. The molecule has 3 aliphatic rings. The number of Topliss-reactive ketones (excluding diaryl/α,β-unsaturated/α-hetero) is 1. The van der Waals surface area contributed by atoms with Crippen LogP contribution >= 0.6 is 0 Å². The first-order valence-corrected chi connectivity index (χ1v) is 13.4. The van der Waals surface area contributed by atoms with Gasteiger partial charge in [-0.3, -0.25) is 19.8 Å². The number of urea groups is 1. The monoisotopic (exact) mass is 539 g/mol. The lowest BCUT2D eigenvalue weighted by Crippen LogP contribution is -2.53. The van der Waals surface area contributed by atoms with Crippen LogP contribution in [-0.4, -0.2) is 94.9 Å². The highest BCUT2D eigenvalue weighted by Crippen LogP contribution is 2.47. The number of carbonyl (C=O) groups excluding carboxylic acids is 2. The number of amides is 2. The van der Waals surface area contributed by atoms with Crippen molar-refractivity contribution >= 4 is 23.6 Å². The average Bonchev–Trinajstić information content (AvgIpc) is 3.74. The zero-order valence-electron chi connectivity index (χ0n) is 22.1. The fourth-order valence-corrected chi connectivity index (χ4v) is 5.30. The minimum atomic E-state index is -1.36. The van der Waals surface area contributed by atoms with Crippen LogP contribution in [0.4, 0.5) is 15.0 Å². The Balaban J connectivity index is 1.13. The van der Waals surface area contributed by atoms with Gasteiger partial charge >= 0.3 is 12.0 Å². The maximum atomic E-state index is 14.7. The second-order valence-electron chi connectivity index (χ2n) is 10.7. The van der Waals surface area contributed by atoms with Crippen molar-refractivity contribution in [2.75, 3.05) is 51.6 Å². The summed E-state index contributed by atoms with van der Waals surface area (Å²) in [4.78, 5) is 47.5. The Morgan fingerprint density at radius 2 is 1.74 bits per heavy atom. The van der Waals surface area contributed by atoms with E-state index >= 15 is 0 Å². The Labute approximate surface area is 226 Å². The zero-order chi connectivity index (χ0) is 27.6. The first kappa shape index (κ1) is 27.0. The molecule has 1 saturated carbocycles. The summed E-state index contributed by atoms with van der Waals surface area (Å²) in [7, 11) is 2.14. The molecule has 10 nitrogen and oxygen atoms in total. The lowest BCUT2D eigenvalue weighted by molar-refractivity contribution is -0.148. The molecule has 2 N–H and O–H groups in total. The van der Waals surface area contributed by atoms with Crippen molar-refractivity contribution in [1.29, 1.82) is 0 Å². The van der Waals surface area contributed by atoms with Crippen LogP contribution in [0.25, 0.3) is 0 Å². The van der Waals surface area contributed by atoms with Gasteiger partial charge in [0.1, 0.15) is 28.5 Å². The van der Waals surface area contributed by atoms with E-state index in [1.54, 1.807) is 17.0 Å². The lowest BCUT2D eigenvalue weighted by atomic mass is 9.95. The van der Waals surface area contributed by atoms with E-state index < -0.39 is 23.0 Å². The Morgan fingerprint density at radius 1 is 1.05 bits per heavy atom. The molecule has 3 heterocycles. The van der Waals surface area contributed by atoms with Gasteiger partial charge in [-0.25, -0.2) is 14.2 Å². The molecule has 2 aliphatic heterocycles. The molecule has 11 heteroatoms. The predicted octanol–water partition coefficient (Wildman–Crippen LogP) is 3.23. The van der Waals surface area contributed by atoms with Crippen LogP contribution in [0.1, 0.15) is 31.2 Å². The minimum Gasteiger partial charge on any atom is -0.480 e. The maximum Gasteiger partial charge on any atom is 0.323 e. The Kier molecular flexibility index (Phi) is 7.81. The van der Waals surface area contributed by atoms with Crippen LogP contribution in [0.5, 0.6) is 11.5 Å². The number of likely N-dealkylation sites (tertiary alicyclic amines) is 1. The van der Waals surface area contributed by atoms with Crippen LogP contribution in [0.3, 0.4) is 0 Å². The van der Waals surface area contributed by atoms with Crippen LogP contribution in [0, 0.1) is 11.2 Å². The number of ketones is 1. The van der Waals surface area contributed by atoms with E-state index in [0.29, 0.717) is 43.5 Å². The van der Waals surface area contributed by atoms with Crippen molar-refractivity contribution in [3.63, 3.8) is 0 Å². The summed E-state index contributed by atoms with van der Waals surface area (Å²) in [5.41, 5.74) is -1.24. The number of ether oxygens (including phenoxy) is 1. The summed E-state index contributed by atoms with van der Waals surface area (Å²) >= 11 is 0. The van der Waals surface area contributed by atoms with Crippen molar-refractivity contribution in [3.05, 3.63) is 47.9 Å². The van der Waals surface area contributed by atoms with Gasteiger partial charge in [-0.05, 0) is 50.4 Å². The van der Waals surface area contributed by atoms with Gasteiger partial charge in [0.2, 0.25) is 0 Å². The number of hydrogen-bond donors (Lipinski definition) is 2. The third kappa shape index (κ3) is 6.20. The molecule has 1 aliphatic carbocycles. The topological polar surface area (TPSA) is 115 Å². The van der Waals surface area contributed by atoms with Gasteiger partial charge in [-0.15, -0.1) is 0 Å². The molecule has 5 rings (SSSR count). The van der Waals surface area contributed by atoms with Gasteiger partial charge < -0.3 is 19.6 Å². The molecule has 0 bridgehead atoms. The number of halogens is 1. The zero-order valence-corrected chi connectivity index (χ0v) is 22.1. The molecular formula is C28H34FN5O5. The number of aliphatic carboxylic acids is 1. The molecule has 1 aromatic heterocycles. The van der Waals surface area contributed by atoms with E-state index in [-0.39, 0.29) is 23.8 Å². The Bertz CT molecular complexity index is 1240. The number of likely N-dealkylation sites (N-methyl/N-ethyl adjacent to an activating group) is 1. The molecule has 2 saturated heterocycles. The molecule has 0 radical (unpaired) electrons. The highest BCUT2D eigenvalue weighted by molar-refractivity contribution is 6.06. The van der Waals surface area contributed by atoms with Crippen molar-refractivity contribution < 1.29 is 28.6 Å². The van der Waals surface area contributed by atoms with Crippen molar-refractivity contribution in [3.8, 4) is 11.5 Å². The number of rotatable bonds is 8. The molecule has 2 aromatic rings. The third-order valence-corrected chi connectivity index (χ3v) is 8.08. The highest BCUT2D eigenvalue weighted by atomic mass is 19.1. The van der Waals surface area contributed by atoms with Gasteiger partial charge in [0.05, 0.1) is 0 Å². The van der Waals surface area contributed by atoms with Gasteiger partial charge in [0, 0.05) is 70.1 Å². The maximum absolute atomic E-state index is 14.7. The molecule has 3 fully saturated rings. The number of carboxylic acid groups (broad SMARTS) is 1. The molecule has 0 atom stereocenters. The summed E-state index contributed by atoms with van der Waals surface area (Å²) in [6.07, 6.45) is 3.68. The summed E-state index contributed by atoms with van der Waals surface area (Å²) in [5, 5.41) is 12.1. The molecule has 2 amide bonds. The lowest BCUT2D eigenvalue weighted by Gasteiger charge is -2.42. The van der Waals surface area contributed by atoms with Gasteiger partial charge in [0.15, 0.2) is 5.78 Å². The first-order valence-electron chi connectivity index (χ1n) is 13.4. The second kappa shape index (κ2) is 11.3. The molecule has 208 valence electrons. The summed E-state index contributed by atoms with van der Waals surface area (Å²) < 4.78 is 20.4. The summed E-state index contributed by atoms with van der Waals surface area (Å²) in [6, 6.07) is 7.56. The van der Waals surface area contributed by atoms with E-state index in [1.807, 2.05) is 0 Å². The van der Waals surface area contributed by atoms with Crippen LogP contribution in [0.2, 0.25) is 0 Å². The number of hydrogen-bond acceptors (Lipinski definition) is 7. The van der Waals surface area contributed by atoms with Crippen LogP contribution in [-0.2, 0) is 16.0 Å². The van der Waals surface area contributed by atoms with Crippen molar-refractivity contribution in [2.24, 2.45) is 5.41 Å². The quantitative estimate of drug-likeness (QED) is 0.492. The third-order valence-electron chi connectivity index (χ3n) is 8.08. The van der Waals surface area contributed by atoms with Crippen molar-refractivity contribution in [1.82, 2.24) is 19.7 Å². The normalized spacial score (nSPS) is 19.9. The fraction of sp³-hybridized carbons (Fsp3) is 0.500. The van der Waals surface area contributed by atoms with Crippen molar-refractivity contribution in [2.45, 2.75) is 38.1 Å². The second-order valence-corrected chi connectivity index (χ2v) is 10.7. The molecule has 0 spiro atoms. The van der Waals surface area contributed by atoms with E-state index in [1.165, 1.54) is 18.3 Å². The number of carboxylic acids is 1.